The molecule has 228 valence electrons. The molecule has 0 saturated carbocycles. The summed E-state index contributed by atoms with van der Waals surface area (Å²) in [6.45, 7) is 9.19. The number of allylic oxidation sites excluding steroid dienone is 2. The Kier molecular flexibility index (Phi) is 21.8. The molecule has 7 nitrogen and oxygen atoms in total. The largest absolute Gasteiger partial charge is 0.481 e. The molecule has 0 radical (unpaired) electrons. The Morgan fingerprint density at radius 3 is 1.21 bits per heavy atom. The molecular formula is C32H60NO6+. The number of unbranched alkanes of at least 4 members (excludes halogenated alkanes) is 11. The molecule has 3 atom stereocenters. The normalized spacial score (nSPS) is 15.6. The Hall–Kier alpha value is -1.89. The standard InChI is InChI=1S/C32H59NO6/c1-5-9-10-11-12-13-14-15-16-17-18-19-20-21-22-23-33(24-27(6-2)30(34)35,25-28(7-3)31(36)37)26-29(8-4)32(38)39/h16-17,27-29H,5-15,18-26H2,1-4H3,(H2-,34,35,36,37,38,39)/p+1/b17-16+. The molecule has 7 heteroatoms. The van der Waals surface area contributed by atoms with Gasteiger partial charge >= 0.3 is 17.9 Å². The summed E-state index contributed by atoms with van der Waals surface area (Å²) in [6.07, 6.45) is 21.4. The first kappa shape index (κ1) is 37.1. The van der Waals surface area contributed by atoms with Crippen molar-refractivity contribution in [1.29, 1.82) is 0 Å². The molecule has 0 aromatic carbocycles. The van der Waals surface area contributed by atoms with Crippen molar-refractivity contribution >= 4 is 17.9 Å². The number of carboxylic acids is 3. The van der Waals surface area contributed by atoms with Crippen molar-refractivity contribution in [1.82, 2.24) is 0 Å². The van der Waals surface area contributed by atoms with E-state index in [1.807, 2.05) is 20.8 Å². The highest BCUT2D eigenvalue weighted by Gasteiger charge is 2.40. The molecule has 0 aliphatic rings. The molecule has 0 aromatic heterocycles. The molecule has 0 aromatic rings. The number of hydrogen-bond acceptors (Lipinski definition) is 3. The average Bonchev–Trinajstić information content (AvgIpc) is 2.90. The second-order valence-electron chi connectivity index (χ2n) is 11.5. The van der Waals surface area contributed by atoms with Gasteiger partial charge in [-0.05, 0) is 57.8 Å². The minimum atomic E-state index is -0.893. The Morgan fingerprint density at radius 2 is 0.872 bits per heavy atom. The highest BCUT2D eigenvalue weighted by Crippen LogP contribution is 2.25. The van der Waals surface area contributed by atoms with Gasteiger partial charge in [-0.25, -0.2) is 0 Å². The second kappa shape index (κ2) is 22.9. The first-order valence-corrected chi connectivity index (χ1v) is 15.8. The van der Waals surface area contributed by atoms with Gasteiger partial charge in [0.05, 0.1) is 26.2 Å². The fourth-order valence-corrected chi connectivity index (χ4v) is 5.56. The second-order valence-corrected chi connectivity index (χ2v) is 11.5. The van der Waals surface area contributed by atoms with Gasteiger partial charge in [0.1, 0.15) is 17.8 Å². The third-order valence-electron chi connectivity index (χ3n) is 8.24. The zero-order valence-electron chi connectivity index (χ0n) is 25.5. The lowest BCUT2D eigenvalue weighted by Crippen LogP contribution is -2.58. The third kappa shape index (κ3) is 17.4. The minimum Gasteiger partial charge on any atom is -0.481 e. The van der Waals surface area contributed by atoms with Gasteiger partial charge in [0.25, 0.3) is 0 Å². The molecule has 39 heavy (non-hydrogen) atoms. The Bertz CT molecular complexity index is 632. The number of aliphatic carboxylic acids is 3. The summed E-state index contributed by atoms with van der Waals surface area (Å²) in [5.41, 5.74) is 0. The molecular weight excluding hydrogens is 494 g/mol. The maximum absolute atomic E-state index is 12.0. The lowest BCUT2D eigenvalue weighted by atomic mass is 9.95. The van der Waals surface area contributed by atoms with Crippen LogP contribution in [0.1, 0.15) is 130 Å². The van der Waals surface area contributed by atoms with Crippen molar-refractivity contribution in [2.75, 3.05) is 26.2 Å². The van der Waals surface area contributed by atoms with Gasteiger partial charge in [-0.15, -0.1) is 0 Å². The van der Waals surface area contributed by atoms with Crippen LogP contribution in [0, 0.1) is 17.8 Å². The molecule has 0 rings (SSSR count). The SMILES string of the molecule is CCCCCCCCC/C=C/CCCCCC[N+](CC(CC)C(=O)O)(CC(CC)C(=O)O)CC(CC)C(=O)O. The molecule has 0 fully saturated rings. The predicted octanol–water partition coefficient (Wildman–Crippen LogP) is 7.78. The van der Waals surface area contributed by atoms with E-state index in [4.69, 9.17) is 0 Å². The number of carbonyl (C=O) groups is 3. The Morgan fingerprint density at radius 1 is 0.538 bits per heavy atom. The Balaban J connectivity index is 5.00. The van der Waals surface area contributed by atoms with Crippen LogP contribution in [0.15, 0.2) is 12.2 Å². The first-order valence-electron chi connectivity index (χ1n) is 15.8. The average molecular weight is 555 g/mol. The summed E-state index contributed by atoms with van der Waals surface area (Å²) in [7, 11) is 0. The summed E-state index contributed by atoms with van der Waals surface area (Å²) < 4.78 is 0.249. The summed E-state index contributed by atoms with van der Waals surface area (Å²) >= 11 is 0. The van der Waals surface area contributed by atoms with Gasteiger partial charge in [0.2, 0.25) is 0 Å². The fraction of sp³-hybridized carbons (Fsp3) is 0.844. The van der Waals surface area contributed by atoms with E-state index >= 15 is 0 Å². The topological polar surface area (TPSA) is 112 Å². The van der Waals surface area contributed by atoms with Crippen LogP contribution < -0.4 is 0 Å². The van der Waals surface area contributed by atoms with E-state index in [0.717, 1.165) is 38.5 Å². The van der Waals surface area contributed by atoms with Crippen molar-refractivity contribution < 1.29 is 34.2 Å². The van der Waals surface area contributed by atoms with Crippen LogP contribution in [0.25, 0.3) is 0 Å². The lowest BCUT2D eigenvalue weighted by molar-refractivity contribution is -0.935. The van der Waals surface area contributed by atoms with Crippen molar-refractivity contribution in [2.24, 2.45) is 17.8 Å². The van der Waals surface area contributed by atoms with E-state index < -0.39 is 35.7 Å². The van der Waals surface area contributed by atoms with Crippen LogP contribution in [0.4, 0.5) is 0 Å². The molecule has 0 amide bonds. The van der Waals surface area contributed by atoms with E-state index in [-0.39, 0.29) is 24.1 Å². The predicted molar refractivity (Wildman–Crippen MR) is 159 cm³/mol. The van der Waals surface area contributed by atoms with Gasteiger partial charge in [-0.1, -0.05) is 84.8 Å². The van der Waals surface area contributed by atoms with Crippen molar-refractivity contribution in [3.63, 3.8) is 0 Å². The number of nitrogens with zero attached hydrogens (tertiary/aromatic N) is 1. The first-order chi connectivity index (χ1) is 18.7. The summed E-state index contributed by atoms with van der Waals surface area (Å²) in [6, 6.07) is 0. The third-order valence-corrected chi connectivity index (χ3v) is 8.24. The van der Waals surface area contributed by atoms with Crippen molar-refractivity contribution in [3.8, 4) is 0 Å². The summed E-state index contributed by atoms with van der Waals surface area (Å²) in [4.78, 5) is 35.9. The zero-order valence-corrected chi connectivity index (χ0v) is 25.5. The zero-order chi connectivity index (χ0) is 29.5. The van der Waals surface area contributed by atoms with Crippen LogP contribution in [-0.2, 0) is 14.4 Å². The highest BCUT2D eigenvalue weighted by molar-refractivity contribution is 5.71. The molecule has 0 aliphatic carbocycles. The molecule has 3 N–H and O–H groups in total. The van der Waals surface area contributed by atoms with Crippen LogP contribution in [0.3, 0.4) is 0 Å². The maximum Gasteiger partial charge on any atom is 0.312 e. The molecule has 0 heterocycles. The number of hydrogen-bond donors (Lipinski definition) is 3. The van der Waals surface area contributed by atoms with Gasteiger partial charge in [0, 0.05) is 0 Å². The molecule has 0 aliphatic heterocycles. The van der Waals surface area contributed by atoms with E-state index in [1.165, 1.54) is 44.9 Å². The monoisotopic (exact) mass is 554 g/mol. The van der Waals surface area contributed by atoms with Crippen LogP contribution >= 0.6 is 0 Å². The van der Waals surface area contributed by atoms with Gasteiger partial charge in [-0.3, -0.25) is 14.4 Å². The van der Waals surface area contributed by atoms with E-state index in [0.29, 0.717) is 25.8 Å². The number of carboxylic acid groups (broad SMARTS) is 3. The number of quaternary nitrogens is 1. The van der Waals surface area contributed by atoms with Gasteiger partial charge in [0.15, 0.2) is 0 Å². The molecule has 0 spiro atoms. The minimum absolute atomic E-state index is 0.249. The highest BCUT2D eigenvalue weighted by atomic mass is 16.4. The molecule has 0 bridgehead atoms. The van der Waals surface area contributed by atoms with E-state index in [2.05, 4.69) is 19.1 Å². The number of rotatable bonds is 27. The summed E-state index contributed by atoms with van der Waals surface area (Å²) in [5, 5.41) is 29.4. The van der Waals surface area contributed by atoms with Crippen molar-refractivity contribution in [2.45, 2.75) is 130 Å². The van der Waals surface area contributed by atoms with E-state index in [1.54, 1.807) is 0 Å². The fourth-order valence-electron chi connectivity index (χ4n) is 5.56. The smallest absolute Gasteiger partial charge is 0.312 e. The molecule has 3 unspecified atom stereocenters. The van der Waals surface area contributed by atoms with Gasteiger partial charge < -0.3 is 19.8 Å². The Labute approximate surface area is 238 Å². The molecule has 0 saturated heterocycles. The van der Waals surface area contributed by atoms with Gasteiger partial charge in [-0.2, -0.15) is 0 Å². The maximum atomic E-state index is 12.0. The van der Waals surface area contributed by atoms with Crippen molar-refractivity contribution in [3.05, 3.63) is 12.2 Å². The van der Waals surface area contributed by atoms with Crippen LogP contribution in [0.5, 0.6) is 0 Å². The van der Waals surface area contributed by atoms with Crippen LogP contribution in [0.2, 0.25) is 0 Å². The van der Waals surface area contributed by atoms with E-state index in [9.17, 15) is 29.7 Å². The quantitative estimate of drug-likeness (QED) is 0.0543. The lowest BCUT2D eigenvalue weighted by Gasteiger charge is -2.43. The summed E-state index contributed by atoms with van der Waals surface area (Å²) in [5.74, 6) is -4.54. The van der Waals surface area contributed by atoms with Crippen LogP contribution in [-0.4, -0.2) is 63.9 Å².